The molecule has 3 atom stereocenters. The van der Waals surface area contributed by atoms with Crippen LogP contribution in [0.25, 0.3) is 0 Å². The van der Waals surface area contributed by atoms with Crippen LogP contribution in [-0.2, 0) is 11.8 Å². The highest BCUT2D eigenvalue weighted by molar-refractivity contribution is 6.30. The third-order valence-corrected chi connectivity index (χ3v) is 7.57. The second-order valence-electron chi connectivity index (χ2n) is 8.85. The standard InChI is InChI=1S/C27H26ClNO2/c1-18-25-16-19-11-12-23(31-26(30)20-7-6-10-22(28)15-20)17-24(19)27(18,13-14-29(25)2)21-8-4-3-5-9-21/h3-12,15,17-18,25H,13-14,16H2,1-2H3. The molecular formula is C27H26ClNO2. The Hall–Kier alpha value is -2.62. The molecule has 0 radical (unpaired) electrons. The van der Waals surface area contributed by atoms with Gasteiger partial charge in [-0.25, -0.2) is 4.79 Å². The highest BCUT2D eigenvalue weighted by Crippen LogP contribution is 2.53. The summed E-state index contributed by atoms with van der Waals surface area (Å²) in [6, 6.07) is 24.4. The van der Waals surface area contributed by atoms with Gasteiger partial charge in [0, 0.05) is 16.5 Å². The molecule has 31 heavy (non-hydrogen) atoms. The van der Waals surface area contributed by atoms with E-state index >= 15 is 0 Å². The molecule has 1 aliphatic heterocycles. The molecule has 2 bridgehead atoms. The Kier molecular flexibility index (Phi) is 5.11. The third kappa shape index (κ3) is 3.37. The monoisotopic (exact) mass is 431 g/mol. The Morgan fingerprint density at radius 1 is 1.06 bits per heavy atom. The van der Waals surface area contributed by atoms with E-state index < -0.39 is 0 Å². The molecule has 2 aliphatic rings. The maximum absolute atomic E-state index is 12.7. The van der Waals surface area contributed by atoms with Crippen molar-refractivity contribution in [2.45, 2.75) is 31.2 Å². The van der Waals surface area contributed by atoms with Crippen LogP contribution in [-0.4, -0.2) is 30.5 Å². The summed E-state index contributed by atoms with van der Waals surface area (Å²) in [5.74, 6) is 0.657. The number of hydrogen-bond donors (Lipinski definition) is 0. The lowest BCUT2D eigenvalue weighted by atomic mass is 9.55. The highest BCUT2D eigenvalue weighted by atomic mass is 35.5. The van der Waals surface area contributed by atoms with Crippen LogP contribution in [0.3, 0.4) is 0 Å². The van der Waals surface area contributed by atoms with Crippen LogP contribution in [0, 0.1) is 5.92 Å². The van der Waals surface area contributed by atoms with Crippen LogP contribution in [0.4, 0.5) is 0 Å². The van der Waals surface area contributed by atoms with Gasteiger partial charge in [-0.15, -0.1) is 0 Å². The number of hydrogen-bond acceptors (Lipinski definition) is 3. The number of fused-ring (bicyclic) bond motifs is 4. The molecule has 3 aromatic rings. The number of carbonyl (C=O) groups excluding carboxylic acids is 1. The summed E-state index contributed by atoms with van der Waals surface area (Å²) in [7, 11) is 2.24. The number of ether oxygens (including phenoxy) is 1. The summed E-state index contributed by atoms with van der Waals surface area (Å²) >= 11 is 6.05. The first-order chi connectivity index (χ1) is 15.0. The summed E-state index contributed by atoms with van der Waals surface area (Å²) in [4.78, 5) is 15.2. The molecule has 0 amide bonds. The number of benzene rings is 3. The van der Waals surface area contributed by atoms with Crippen molar-refractivity contribution < 1.29 is 9.53 Å². The van der Waals surface area contributed by atoms with E-state index in [1.807, 2.05) is 6.07 Å². The van der Waals surface area contributed by atoms with E-state index in [9.17, 15) is 4.79 Å². The number of rotatable bonds is 3. The predicted molar refractivity (Wildman–Crippen MR) is 124 cm³/mol. The second kappa shape index (κ2) is 7.81. The van der Waals surface area contributed by atoms with Gasteiger partial charge in [-0.2, -0.15) is 0 Å². The SMILES string of the molecule is CC1C2Cc3ccc(OC(=O)c4cccc(Cl)c4)cc3C1(c1ccccc1)CCN2C. The fourth-order valence-electron chi connectivity index (χ4n) is 5.69. The zero-order chi connectivity index (χ0) is 21.6. The molecule has 5 rings (SSSR count). The van der Waals surface area contributed by atoms with Crippen LogP contribution in [0.2, 0.25) is 5.02 Å². The van der Waals surface area contributed by atoms with Gasteiger partial charge in [0.15, 0.2) is 0 Å². The van der Waals surface area contributed by atoms with E-state index in [1.165, 1.54) is 16.7 Å². The number of piperidine rings is 1. The summed E-state index contributed by atoms with van der Waals surface area (Å²) in [5, 5.41) is 0.522. The van der Waals surface area contributed by atoms with Crippen LogP contribution in [0.5, 0.6) is 5.75 Å². The van der Waals surface area contributed by atoms with Crippen LogP contribution in [0.15, 0.2) is 72.8 Å². The molecule has 4 heteroatoms. The second-order valence-corrected chi connectivity index (χ2v) is 9.28. The maximum Gasteiger partial charge on any atom is 0.343 e. The van der Waals surface area contributed by atoms with Crippen molar-refractivity contribution in [3.05, 3.63) is 100 Å². The number of likely N-dealkylation sites (tertiary alicyclic amines) is 1. The minimum Gasteiger partial charge on any atom is -0.423 e. The molecule has 1 aliphatic carbocycles. The predicted octanol–water partition coefficient (Wildman–Crippen LogP) is 5.74. The van der Waals surface area contributed by atoms with Crippen LogP contribution in [0.1, 0.15) is 40.4 Å². The van der Waals surface area contributed by atoms with Gasteiger partial charge in [0.25, 0.3) is 0 Å². The van der Waals surface area contributed by atoms with E-state index in [1.54, 1.807) is 24.3 Å². The van der Waals surface area contributed by atoms with Crippen molar-refractivity contribution in [3.8, 4) is 5.75 Å². The smallest absolute Gasteiger partial charge is 0.343 e. The topological polar surface area (TPSA) is 29.5 Å². The van der Waals surface area contributed by atoms with Crippen molar-refractivity contribution in [2.24, 2.45) is 5.92 Å². The van der Waals surface area contributed by atoms with Gasteiger partial charge in [0.1, 0.15) is 5.75 Å². The Morgan fingerprint density at radius 2 is 1.87 bits per heavy atom. The lowest BCUT2D eigenvalue weighted by molar-refractivity contribution is 0.0609. The average Bonchev–Trinajstić information content (AvgIpc) is 2.78. The first-order valence-electron chi connectivity index (χ1n) is 10.9. The Labute approximate surface area is 188 Å². The molecule has 3 nitrogen and oxygen atoms in total. The fourth-order valence-corrected chi connectivity index (χ4v) is 5.88. The lowest BCUT2D eigenvalue weighted by Gasteiger charge is -2.55. The van der Waals surface area contributed by atoms with Crippen molar-refractivity contribution in [1.82, 2.24) is 4.90 Å². The van der Waals surface area contributed by atoms with E-state index in [0.29, 0.717) is 28.3 Å². The van der Waals surface area contributed by atoms with E-state index in [-0.39, 0.29) is 11.4 Å². The molecule has 1 fully saturated rings. The van der Waals surface area contributed by atoms with Gasteiger partial charge >= 0.3 is 5.97 Å². The zero-order valence-electron chi connectivity index (χ0n) is 17.8. The minimum atomic E-state index is -0.388. The molecule has 1 saturated heterocycles. The Morgan fingerprint density at radius 3 is 2.65 bits per heavy atom. The van der Waals surface area contributed by atoms with E-state index in [0.717, 1.165) is 19.4 Å². The third-order valence-electron chi connectivity index (χ3n) is 7.33. The number of carbonyl (C=O) groups is 1. The molecule has 0 spiro atoms. The summed E-state index contributed by atoms with van der Waals surface area (Å²) in [6.07, 6.45) is 2.06. The molecule has 0 saturated carbocycles. The van der Waals surface area contributed by atoms with E-state index in [4.69, 9.17) is 16.3 Å². The van der Waals surface area contributed by atoms with Crippen molar-refractivity contribution in [3.63, 3.8) is 0 Å². The summed E-state index contributed by atoms with van der Waals surface area (Å²) in [5.41, 5.74) is 4.37. The van der Waals surface area contributed by atoms with E-state index in [2.05, 4.69) is 61.3 Å². The molecule has 3 aromatic carbocycles. The summed E-state index contributed by atoms with van der Waals surface area (Å²) in [6.45, 7) is 3.43. The normalized spacial score (nSPS) is 25.0. The largest absolute Gasteiger partial charge is 0.423 e. The van der Waals surface area contributed by atoms with Crippen molar-refractivity contribution in [1.29, 1.82) is 0 Å². The first kappa shape index (κ1) is 20.3. The molecule has 3 unspecified atom stereocenters. The molecule has 158 valence electrons. The Balaban J connectivity index is 1.58. The number of likely N-dealkylation sites (N-methyl/N-ethyl adjacent to an activating group) is 1. The van der Waals surface area contributed by atoms with Crippen LogP contribution >= 0.6 is 11.6 Å². The van der Waals surface area contributed by atoms with Crippen molar-refractivity contribution in [2.75, 3.05) is 13.6 Å². The van der Waals surface area contributed by atoms with Gasteiger partial charge < -0.3 is 9.64 Å². The maximum atomic E-state index is 12.7. The average molecular weight is 432 g/mol. The molecular weight excluding hydrogens is 406 g/mol. The van der Waals surface area contributed by atoms with Gasteiger partial charge in [-0.3, -0.25) is 0 Å². The number of halogens is 1. The fraction of sp³-hybridized carbons (Fsp3) is 0.296. The van der Waals surface area contributed by atoms with Gasteiger partial charge in [0.05, 0.1) is 5.56 Å². The number of nitrogens with zero attached hydrogens (tertiary/aromatic N) is 1. The first-order valence-corrected chi connectivity index (χ1v) is 11.2. The quantitative estimate of drug-likeness (QED) is 0.391. The minimum absolute atomic E-state index is 0.0789. The zero-order valence-corrected chi connectivity index (χ0v) is 18.6. The van der Waals surface area contributed by atoms with Crippen molar-refractivity contribution >= 4 is 17.6 Å². The summed E-state index contributed by atoms with van der Waals surface area (Å²) < 4.78 is 5.79. The molecule has 1 heterocycles. The Bertz CT molecular complexity index is 1130. The number of esters is 1. The highest BCUT2D eigenvalue weighted by Gasteiger charge is 2.51. The molecule has 0 aromatic heterocycles. The van der Waals surface area contributed by atoms with Gasteiger partial charge in [0.2, 0.25) is 0 Å². The lowest BCUT2D eigenvalue weighted by Crippen LogP contribution is -2.58. The molecule has 0 N–H and O–H groups in total. The van der Waals surface area contributed by atoms with Gasteiger partial charge in [-0.05, 0) is 79.4 Å². The van der Waals surface area contributed by atoms with Gasteiger partial charge in [-0.1, -0.05) is 61.0 Å². The van der Waals surface area contributed by atoms with Crippen LogP contribution < -0.4 is 4.74 Å².